The van der Waals surface area contributed by atoms with E-state index in [4.69, 9.17) is 9.47 Å². The van der Waals surface area contributed by atoms with Gasteiger partial charge in [-0.05, 0) is 51.7 Å². The first-order valence-corrected chi connectivity index (χ1v) is 10.9. The van der Waals surface area contributed by atoms with E-state index < -0.39 is 41.6 Å². The molecule has 3 fully saturated rings. The first-order chi connectivity index (χ1) is 14.8. The lowest BCUT2D eigenvalue weighted by Gasteiger charge is -2.35. The molecule has 0 aliphatic carbocycles. The van der Waals surface area contributed by atoms with Crippen molar-refractivity contribution < 1.29 is 29.0 Å². The van der Waals surface area contributed by atoms with E-state index in [0.29, 0.717) is 18.5 Å². The number of carbonyl (C=O) groups excluding carboxylic acids is 3. The standard InChI is InChI=1S/C23H30N2O6/c1-5-30-22(29)16-15-9-10-23(31-15)17(16)21(28)25(14(4)11-26)19(23)20(27)24-18-12(2)7-6-8-13(18)3/h6-8,14-17,19,26H,5,9-11H2,1-4H3,(H,24,27)/t14-,15-,16+,17+,19-,23+/m1/s1. The summed E-state index contributed by atoms with van der Waals surface area (Å²) in [6, 6.07) is 4.21. The maximum atomic E-state index is 13.6. The molecule has 0 unspecified atom stereocenters. The molecule has 2 amide bonds. The molecule has 8 heteroatoms. The minimum absolute atomic E-state index is 0.212. The first kappa shape index (κ1) is 21.8. The van der Waals surface area contributed by atoms with Crippen LogP contribution in [0.5, 0.6) is 0 Å². The fraction of sp³-hybridized carbons (Fsp3) is 0.609. The molecule has 6 atom stereocenters. The van der Waals surface area contributed by atoms with Crippen molar-refractivity contribution in [1.29, 1.82) is 0 Å². The van der Waals surface area contributed by atoms with E-state index in [1.54, 1.807) is 13.8 Å². The lowest BCUT2D eigenvalue weighted by atomic mass is 9.70. The van der Waals surface area contributed by atoms with Crippen LogP contribution in [0, 0.1) is 25.7 Å². The topological polar surface area (TPSA) is 105 Å². The van der Waals surface area contributed by atoms with Crippen molar-refractivity contribution in [2.75, 3.05) is 18.5 Å². The Morgan fingerprint density at radius 3 is 2.65 bits per heavy atom. The van der Waals surface area contributed by atoms with Crippen LogP contribution in [0.25, 0.3) is 0 Å². The molecule has 1 spiro atoms. The van der Waals surface area contributed by atoms with E-state index in [0.717, 1.165) is 11.1 Å². The van der Waals surface area contributed by atoms with E-state index in [9.17, 15) is 19.5 Å². The molecule has 4 rings (SSSR count). The van der Waals surface area contributed by atoms with Gasteiger partial charge in [0.1, 0.15) is 11.6 Å². The number of nitrogens with zero attached hydrogens (tertiary/aromatic N) is 1. The number of likely N-dealkylation sites (tertiary alicyclic amines) is 1. The number of hydrogen-bond acceptors (Lipinski definition) is 6. The second-order valence-electron chi connectivity index (χ2n) is 8.84. The molecule has 3 saturated heterocycles. The Morgan fingerprint density at radius 2 is 2.03 bits per heavy atom. The van der Waals surface area contributed by atoms with E-state index in [1.165, 1.54) is 4.90 Å². The van der Waals surface area contributed by atoms with Gasteiger partial charge in [-0.15, -0.1) is 0 Å². The van der Waals surface area contributed by atoms with E-state index in [-0.39, 0.29) is 25.0 Å². The second kappa shape index (κ2) is 7.91. The zero-order valence-corrected chi connectivity index (χ0v) is 18.4. The Morgan fingerprint density at radius 1 is 1.35 bits per heavy atom. The molecular formula is C23H30N2O6. The van der Waals surface area contributed by atoms with Gasteiger partial charge in [0, 0.05) is 5.69 Å². The van der Waals surface area contributed by atoms with Crippen LogP contribution in [-0.4, -0.2) is 64.8 Å². The van der Waals surface area contributed by atoms with E-state index in [2.05, 4.69) is 5.32 Å². The number of hydrogen-bond donors (Lipinski definition) is 2. The van der Waals surface area contributed by atoms with Gasteiger partial charge in [-0.25, -0.2) is 0 Å². The number of rotatable bonds is 6. The number of amides is 2. The predicted molar refractivity (Wildman–Crippen MR) is 112 cm³/mol. The minimum Gasteiger partial charge on any atom is -0.466 e. The smallest absolute Gasteiger partial charge is 0.312 e. The molecule has 3 heterocycles. The van der Waals surface area contributed by atoms with Crippen LogP contribution in [-0.2, 0) is 23.9 Å². The van der Waals surface area contributed by atoms with Crippen molar-refractivity contribution in [2.45, 2.75) is 64.3 Å². The van der Waals surface area contributed by atoms with Crippen LogP contribution < -0.4 is 5.32 Å². The van der Waals surface area contributed by atoms with E-state index >= 15 is 0 Å². The fourth-order valence-electron chi connectivity index (χ4n) is 5.66. The summed E-state index contributed by atoms with van der Waals surface area (Å²) >= 11 is 0. The lowest BCUT2D eigenvalue weighted by Crippen LogP contribution is -2.55. The normalized spacial score (nSPS) is 32.2. The number of esters is 1. The van der Waals surface area contributed by atoms with Crippen molar-refractivity contribution in [1.82, 2.24) is 4.90 Å². The maximum Gasteiger partial charge on any atom is 0.312 e. The number of anilines is 1. The summed E-state index contributed by atoms with van der Waals surface area (Å²) in [5, 5.41) is 12.8. The largest absolute Gasteiger partial charge is 0.466 e. The average Bonchev–Trinajstić information content (AvgIpc) is 3.37. The maximum absolute atomic E-state index is 13.6. The van der Waals surface area contributed by atoms with Crippen LogP contribution in [0.1, 0.15) is 37.8 Å². The molecule has 0 radical (unpaired) electrons. The van der Waals surface area contributed by atoms with Crippen LogP contribution in [0.3, 0.4) is 0 Å². The van der Waals surface area contributed by atoms with Gasteiger partial charge in [-0.2, -0.15) is 0 Å². The molecule has 31 heavy (non-hydrogen) atoms. The fourth-order valence-corrected chi connectivity index (χ4v) is 5.66. The van der Waals surface area contributed by atoms with Gasteiger partial charge in [0.05, 0.1) is 37.2 Å². The van der Waals surface area contributed by atoms with Crippen LogP contribution >= 0.6 is 0 Å². The average molecular weight is 431 g/mol. The molecule has 3 aliphatic rings. The number of ether oxygens (including phenoxy) is 2. The third kappa shape index (κ3) is 3.15. The van der Waals surface area contributed by atoms with Crippen LogP contribution in [0.4, 0.5) is 5.69 Å². The van der Waals surface area contributed by atoms with Crippen LogP contribution in [0.2, 0.25) is 0 Å². The number of benzene rings is 1. The van der Waals surface area contributed by atoms with Gasteiger partial charge in [0.25, 0.3) is 0 Å². The molecule has 8 nitrogen and oxygen atoms in total. The highest BCUT2D eigenvalue weighted by Crippen LogP contribution is 2.59. The number of aliphatic hydroxyl groups is 1. The van der Waals surface area contributed by atoms with Gasteiger partial charge in [0.15, 0.2) is 0 Å². The zero-order valence-electron chi connectivity index (χ0n) is 18.4. The minimum atomic E-state index is -1.09. The summed E-state index contributed by atoms with van der Waals surface area (Å²) in [6.07, 6.45) is 0.653. The summed E-state index contributed by atoms with van der Waals surface area (Å²) < 4.78 is 11.5. The number of carbonyl (C=O) groups is 3. The second-order valence-corrected chi connectivity index (χ2v) is 8.84. The Balaban J connectivity index is 1.74. The van der Waals surface area contributed by atoms with Gasteiger partial charge in [0.2, 0.25) is 11.8 Å². The summed E-state index contributed by atoms with van der Waals surface area (Å²) in [6.45, 7) is 7.15. The Labute approximate surface area is 181 Å². The van der Waals surface area contributed by atoms with E-state index in [1.807, 2.05) is 32.0 Å². The summed E-state index contributed by atoms with van der Waals surface area (Å²) in [7, 11) is 0. The molecule has 1 aromatic carbocycles. The molecule has 0 aromatic heterocycles. The lowest BCUT2D eigenvalue weighted by molar-refractivity contribution is -0.155. The third-order valence-electron chi connectivity index (χ3n) is 7.01. The summed E-state index contributed by atoms with van der Waals surface area (Å²) in [5.41, 5.74) is 1.43. The van der Waals surface area contributed by atoms with Crippen molar-refractivity contribution >= 4 is 23.5 Å². The highest BCUT2D eigenvalue weighted by molar-refractivity contribution is 6.04. The number of para-hydroxylation sites is 1. The third-order valence-corrected chi connectivity index (χ3v) is 7.01. The summed E-state index contributed by atoms with van der Waals surface area (Å²) in [4.78, 5) is 41.3. The quantitative estimate of drug-likeness (QED) is 0.664. The zero-order chi connectivity index (χ0) is 22.5. The predicted octanol–water partition coefficient (Wildman–Crippen LogP) is 1.56. The van der Waals surface area contributed by atoms with Gasteiger partial charge < -0.3 is 24.8 Å². The molecule has 3 aliphatic heterocycles. The van der Waals surface area contributed by atoms with Crippen molar-refractivity contribution in [3.8, 4) is 0 Å². The van der Waals surface area contributed by atoms with Gasteiger partial charge in [-0.3, -0.25) is 14.4 Å². The summed E-state index contributed by atoms with van der Waals surface area (Å²) in [5.74, 6) is -2.66. The highest BCUT2D eigenvalue weighted by atomic mass is 16.6. The number of aryl methyl sites for hydroxylation is 2. The SMILES string of the molecule is CCOC(=O)[C@@H]1[C@H]2C(=O)N([C@H](C)CO)[C@H](C(=O)Nc3c(C)cccc3C)[C@]23CC[C@H]1O3. The van der Waals surface area contributed by atoms with Crippen molar-refractivity contribution in [3.63, 3.8) is 0 Å². The van der Waals surface area contributed by atoms with Crippen molar-refractivity contribution in [3.05, 3.63) is 29.3 Å². The number of fused-ring (bicyclic) bond motifs is 1. The molecule has 168 valence electrons. The monoisotopic (exact) mass is 430 g/mol. The van der Waals surface area contributed by atoms with Gasteiger partial charge in [-0.1, -0.05) is 18.2 Å². The molecule has 0 saturated carbocycles. The number of aliphatic hydroxyl groups excluding tert-OH is 1. The van der Waals surface area contributed by atoms with Gasteiger partial charge >= 0.3 is 5.97 Å². The number of nitrogens with one attached hydrogen (secondary N) is 1. The van der Waals surface area contributed by atoms with Crippen molar-refractivity contribution in [2.24, 2.45) is 11.8 Å². The Hall–Kier alpha value is -2.45. The Kier molecular flexibility index (Phi) is 5.55. The molecule has 2 N–H and O–H groups in total. The van der Waals surface area contributed by atoms with Crippen LogP contribution in [0.15, 0.2) is 18.2 Å². The molecule has 1 aromatic rings. The first-order valence-electron chi connectivity index (χ1n) is 10.9. The highest BCUT2D eigenvalue weighted by Gasteiger charge is 2.75. The molecular weight excluding hydrogens is 400 g/mol. The Bertz CT molecular complexity index is 897. The molecule has 2 bridgehead atoms.